The lowest BCUT2D eigenvalue weighted by atomic mass is 10.2. The third-order valence-electron chi connectivity index (χ3n) is 3.78. The van der Waals surface area contributed by atoms with E-state index in [1.807, 2.05) is 24.3 Å². The Hall–Kier alpha value is -1.60. The normalized spacial score (nSPS) is 14.8. The zero-order valence-corrected chi connectivity index (χ0v) is 14.6. The van der Waals surface area contributed by atoms with Crippen LogP contribution in [0, 0.1) is 0 Å². The second-order valence-corrected chi connectivity index (χ2v) is 7.43. The van der Waals surface area contributed by atoms with Gasteiger partial charge in [0.05, 0.1) is 12.9 Å². The number of nitrogens with one attached hydrogen (secondary N) is 1. The largest absolute Gasteiger partial charge is 0.497 e. The SMILES string of the molecule is COc1cccc(-c2nsc(SCC(=O)NC3CCCC3)n2)c1. The molecule has 1 aromatic carbocycles. The fourth-order valence-electron chi connectivity index (χ4n) is 2.61. The Kier molecular flexibility index (Phi) is 5.51. The number of ether oxygens (including phenoxy) is 1. The second kappa shape index (κ2) is 7.79. The van der Waals surface area contributed by atoms with Crippen molar-refractivity contribution in [3.63, 3.8) is 0 Å². The smallest absolute Gasteiger partial charge is 0.230 e. The summed E-state index contributed by atoms with van der Waals surface area (Å²) >= 11 is 2.76. The van der Waals surface area contributed by atoms with E-state index in [0.29, 0.717) is 17.6 Å². The molecule has 0 unspecified atom stereocenters. The Morgan fingerprint density at radius 1 is 1.43 bits per heavy atom. The number of carbonyl (C=O) groups excluding carboxylic acids is 1. The predicted octanol–water partition coefficient (Wildman–Crippen LogP) is 3.36. The molecule has 0 aliphatic heterocycles. The molecule has 1 aliphatic rings. The topological polar surface area (TPSA) is 64.1 Å². The maximum atomic E-state index is 11.9. The van der Waals surface area contributed by atoms with Gasteiger partial charge in [0, 0.05) is 11.6 Å². The Morgan fingerprint density at radius 2 is 2.26 bits per heavy atom. The molecular weight excluding hydrogens is 330 g/mol. The van der Waals surface area contributed by atoms with E-state index in [1.165, 1.54) is 36.1 Å². The summed E-state index contributed by atoms with van der Waals surface area (Å²) in [7, 11) is 1.64. The Labute approximate surface area is 144 Å². The Bertz CT molecular complexity index is 669. The molecule has 1 saturated carbocycles. The van der Waals surface area contributed by atoms with Crippen LogP contribution in [0.2, 0.25) is 0 Å². The van der Waals surface area contributed by atoms with E-state index in [-0.39, 0.29) is 5.91 Å². The summed E-state index contributed by atoms with van der Waals surface area (Å²) in [6.07, 6.45) is 4.65. The molecule has 122 valence electrons. The molecule has 1 aliphatic carbocycles. The van der Waals surface area contributed by atoms with Crippen LogP contribution in [0.25, 0.3) is 11.4 Å². The van der Waals surface area contributed by atoms with Crippen LogP contribution in [-0.4, -0.2) is 34.2 Å². The van der Waals surface area contributed by atoms with Gasteiger partial charge >= 0.3 is 0 Å². The zero-order valence-electron chi connectivity index (χ0n) is 12.9. The molecular formula is C16H19N3O2S2. The highest BCUT2D eigenvalue weighted by Crippen LogP contribution is 2.27. The van der Waals surface area contributed by atoms with Crippen molar-refractivity contribution in [3.8, 4) is 17.1 Å². The number of carbonyl (C=O) groups is 1. The fraction of sp³-hybridized carbons (Fsp3) is 0.438. The standard InChI is InChI=1S/C16H19N3O2S2/c1-21-13-8-4-5-11(9-13)15-18-16(23-19-15)22-10-14(20)17-12-6-2-3-7-12/h4-5,8-9,12H,2-3,6-7,10H2,1H3,(H,17,20). The molecule has 7 heteroatoms. The molecule has 3 rings (SSSR count). The van der Waals surface area contributed by atoms with Crippen LogP contribution in [-0.2, 0) is 4.79 Å². The molecule has 0 bridgehead atoms. The lowest BCUT2D eigenvalue weighted by molar-refractivity contribution is -0.119. The molecule has 1 aromatic heterocycles. The fourth-order valence-corrected chi connectivity index (χ4v) is 4.04. The van der Waals surface area contributed by atoms with E-state index in [1.54, 1.807) is 7.11 Å². The van der Waals surface area contributed by atoms with Crippen LogP contribution in [0.15, 0.2) is 28.6 Å². The molecule has 0 atom stereocenters. The molecule has 5 nitrogen and oxygen atoms in total. The highest BCUT2D eigenvalue weighted by atomic mass is 32.2. The summed E-state index contributed by atoms with van der Waals surface area (Å²) in [5, 5.41) is 3.08. The molecule has 1 amide bonds. The van der Waals surface area contributed by atoms with Gasteiger partial charge in [-0.2, -0.15) is 4.37 Å². The van der Waals surface area contributed by atoms with Crippen LogP contribution < -0.4 is 10.1 Å². The maximum absolute atomic E-state index is 11.9. The van der Waals surface area contributed by atoms with Crippen LogP contribution in [0.5, 0.6) is 5.75 Å². The third kappa shape index (κ3) is 4.45. The van der Waals surface area contributed by atoms with E-state index in [4.69, 9.17) is 4.74 Å². The first kappa shape index (κ1) is 16.3. The van der Waals surface area contributed by atoms with E-state index in [2.05, 4.69) is 14.7 Å². The lowest BCUT2D eigenvalue weighted by Gasteiger charge is -2.10. The number of nitrogens with zero attached hydrogens (tertiary/aromatic N) is 2. The van der Waals surface area contributed by atoms with Crippen molar-refractivity contribution in [2.45, 2.75) is 36.1 Å². The van der Waals surface area contributed by atoms with Crippen LogP contribution in [0.1, 0.15) is 25.7 Å². The number of amides is 1. The summed E-state index contributed by atoms with van der Waals surface area (Å²) in [6, 6.07) is 8.02. The number of methoxy groups -OCH3 is 1. The summed E-state index contributed by atoms with van der Waals surface area (Å²) in [5.41, 5.74) is 0.919. The van der Waals surface area contributed by atoms with Gasteiger partial charge < -0.3 is 10.1 Å². The average Bonchev–Trinajstić information content (AvgIpc) is 3.24. The van der Waals surface area contributed by atoms with E-state index in [9.17, 15) is 4.79 Å². The van der Waals surface area contributed by atoms with Gasteiger partial charge in [-0.3, -0.25) is 4.79 Å². The van der Waals surface area contributed by atoms with Gasteiger partial charge in [0.1, 0.15) is 5.75 Å². The van der Waals surface area contributed by atoms with Gasteiger partial charge in [-0.05, 0) is 36.5 Å². The molecule has 2 aromatic rings. The minimum atomic E-state index is 0.0834. The molecule has 1 heterocycles. The number of thioether (sulfide) groups is 1. The van der Waals surface area contributed by atoms with Crippen molar-refractivity contribution in [1.82, 2.24) is 14.7 Å². The van der Waals surface area contributed by atoms with Crippen LogP contribution >= 0.6 is 23.3 Å². The van der Waals surface area contributed by atoms with Gasteiger partial charge in [0.2, 0.25) is 5.91 Å². The minimum absolute atomic E-state index is 0.0834. The predicted molar refractivity (Wildman–Crippen MR) is 93.0 cm³/mol. The Balaban J connectivity index is 1.55. The third-order valence-corrected chi connectivity index (χ3v) is 5.62. The summed E-state index contributed by atoms with van der Waals surface area (Å²) in [6.45, 7) is 0. The van der Waals surface area contributed by atoms with Crippen molar-refractivity contribution >= 4 is 29.2 Å². The lowest BCUT2D eigenvalue weighted by Crippen LogP contribution is -2.33. The summed E-state index contributed by atoms with van der Waals surface area (Å²) < 4.78 is 10.4. The molecule has 0 saturated heterocycles. The van der Waals surface area contributed by atoms with E-state index >= 15 is 0 Å². The number of hydrogen-bond donors (Lipinski definition) is 1. The van der Waals surface area contributed by atoms with Crippen molar-refractivity contribution in [2.75, 3.05) is 12.9 Å². The van der Waals surface area contributed by atoms with Crippen molar-refractivity contribution in [1.29, 1.82) is 0 Å². The van der Waals surface area contributed by atoms with Gasteiger partial charge in [0.25, 0.3) is 0 Å². The summed E-state index contributed by atoms with van der Waals surface area (Å²) in [4.78, 5) is 16.4. The van der Waals surface area contributed by atoms with Gasteiger partial charge in [0.15, 0.2) is 10.2 Å². The molecule has 23 heavy (non-hydrogen) atoms. The highest BCUT2D eigenvalue weighted by molar-refractivity contribution is 8.01. The quantitative estimate of drug-likeness (QED) is 0.810. The highest BCUT2D eigenvalue weighted by Gasteiger charge is 2.17. The summed E-state index contributed by atoms with van der Waals surface area (Å²) in [5.74, 6) is 1.93. The molecule has 0 spiro atoms. The maximum Gasteiger partial charge on any atom is 0.230 e. The number of hydrogen-bond acceptors (Lipinski definition) is 6. The van der Waals surface area contributed by atoms with E-state index in [0.717, 1.165) is 28.5 Å². The average molecular weight is 349 g/mol. The monoisotopic (exact) mass is 349 g/mol. The minimum Gasteiger partial charge on any atom is -0.497 e. The first-order valence-corrected chi connectivity index (χ1v) is 9.41. The van der Waals surface area contributed by atoms with Gasteiger partial charge in [-0.25, -0.2) is 4.98 Å². The first-order chi connectivity index (χ1) is 11.2. The first-order valence-electron chi connectivity index (χ1n) is 7.65. The van der Waals surface area contributed by atoms with Crippen LogP contribution in [0.3, 0.4) is 0 Å². The van der Waals surface area contributed by atoms with Crippen molar-refractivity contribution in [2.24, 2.45) is 0 Å². The number of aromatic nitrogens is 2. The zero-order chi connectivity index (χ0) is 16.1. The molecule has 1 fully saturated rings. The Morgan fingerprint density at radius 3 is 3.04 bits per heavy atom. The van der Waals surface area contributed by atoms with Crippen molar-refractivity contribution < 1.29 is 9.53 Å². The molecule has 0 radical (unpaired) electrons. The number of rotatable bonds is 6. The number of benzene rings is 1. The van der Waals surface area contributed by atoms with E-state index < -0.39 is 0 Å². The van der Waals surface area contributed by atoms with Crippen molar-refractivity contribution in [3.05, 3.63) is 24.3 Å². The molecule has 1 N–H and O–H groups in total. The van der Waals surface area contributed by atoms with Crippen LogP contribution in [0.4, 0.5) is 0 Å². The second-order valence-electron chi connectivity index (χ2n) is 5.45. The van der Waals surface area contributed by atoms with Gasteiger partial charge in [-0.15, -0.1) is 0 Å². The van der Waals surface area contributed by atoms with Gasteiger partial charge in [-0.1, -0.05) is 36.7 Å².